The number of halogens is 3. The molecule has 0 saturated heterocycles. The molecule has 4 N–H and O–H groups in total. The van der Waals surface area contributed by atoms with E-state index in [4.69, 9.17) is 40.6 Å². The minimum absolute atomic E-state index is 0.242. The van der Waals surface area contributed by atoms with Crippen molar-refractivity contribution in [2.45, 2.75) is 0 Å². The van der Waals surface area contributed by atoms with Crippen molar-refractivity contribution in [1.82, 2.24) is 5.43 Å². The van der Waals surface area contributed by atoms with E-state index in [1.165, 1.54) is 12.1 Å². The number of nitrogens with two attached hydrogens (primary N) is 1. The highest BCUT2D eigenvalue weighted by molar-refractivity contribution is 6.42. The van der Waals surface area contributed by atoms with E-state index in [-0.39, 0.29) is 15.7 Å². The van der Waals surface area contributed by atoms with Crippen molar-refractivity contribution in [3.05, 3.63) is 27.2 Å². The molecule has 0 spiro atoms. The molecule has 0 radical (unpaired) electrons. The fourth-order valence-corrected chi connectivity index (χ4v) is 1.72. The van der Waals surface area contributed by atoms with Crippen LogP contribution in [0.15, 0.2) is 12.1 Å². The summed E-state index contributed by atoms with van der Waals surface area (Å²) < 4.78 is 0. The Kier molecular flexibility index (Phi) is 3.83. The molecule has 4 nitrogen and oxygen atoms in total. The van der Waals surface area contributed by atoms with E-state index < -0.39 is 6.03 Å². The normalized spacial score (nSPS) is 9.71. The third-order valence-electron chi connectivity index (χ3n) is 1.38. The maximum absolute atomic E-state index is 10.9. The van der Waals surface area contributed by atoms with E-state index in [1.54, 1.807) is 0 Å². The van der Waals surface area contributed by atoms with E-state index in [0.29, 0.717) is 5.02 Å². The SMILES string of the molecule is NNC(=O)Nc1c(Cl)cc(Cl)cc1Cl. The highest BCUT2D eigenvalue weighted by atomic mass is 35.5. The molecule has 1 aromatic carbocycles. The third kappa shape index (κ3) is 2.65. The van der Waals surface area contributed by atoms with Gasteiger partial charge in [0.15, 0.2) is 0 Å². The van der Waals surface area contributed by atoms with Crippen molar-refractivity contribution in [2.24, 2.45) is 5.84 Å². The maximum Gasteiger partial charge on any atom is 0.333 e. The number of nitrogens with one attached hydrogen (secondary N) is 2. The van der Waals surface area contributed by atoms with Crippen LogP contribution in [0.1, 0.15) is 0 Å². The van der Waals surface area contributed by atoms with Gasteiger partial charge in [-0.3, -0.25) is 5.43 Å². The second-order valence-electron chi connectivity index (χ2n) is 2.34. The molecule has 0 bridgehead atoms. The highest BCUT2D eigenvalue weighted by Crippen LogP contribution is 2.33. The van der Waals surface area contributed by atoms with Crippen LogP contribution in [0.4, 0.5) is 10.5 Å². The van der Waals surface area contributed by atoms with Crippen molar-refractivity contribution < 1.29 is 4.79 Å². The molecule has 0 aliphatic rings. The number of hydrogen-bond donors (Lipinski definition) is 3. The summed E-state index contributed by atoms with van der Waals surface area (Å²) in [4.78, 5) is 10.9. The number of rotatable bonds is 1. The lowest BCUT2D eigenvalue weighted by Crippen LogP contribution is -2.34. The Morgan fingerprint density at radius 1 is 1.21 bits per heavy atom. The summed E-state index contributed by atoms with van der Waals surface area (Å²) in [5.74, 6) is 4.88. The van der Waals surface area contributed by atoms with Gasteiger partial charge in [0, 0.05) is 5.02 Å². The van der Waals surface area contributed by atoms with Crippen LogP contribution in [0.3, 0.4) is 0 Å². The fourth-order valence-electron chi connectivity index (χ4n) is 0.811. The smallest absolute Gasteiger partial charge is 0.304 e. The highest BCUT2D eigenvalue weighted by Gasteiger charge is 2.09. The summed E-state index contributed by atoms with van der Waals surface area (Å²) in [5.41, 5.74) is 2.15. The van der Waals surface area contributed by atoms with Gasteiger partial charge in [-0.1, -0.05) is 34.8 Å². The number of urea groups is 1. The summed E-state index contributed by atoms with van der Waals surface area (Å²) in [6, 6.07) is 2.30. The average molecular weight is 255 g/mol. The van der Waals surface area contributed by atoms with Gasteiger partial charge >= 0.3 is 6.03 Å². The Morgan fingerprint density at radius 2 is 1.71 bits per heavy atom. The fraction of sp³-hybridized carbons (Fsp3) is 0. The summed E-state index contributed by atoms with van der Waals surface area (Å²) in [5, 5.41) is 3.23. The van der Waals surface area contributed by atoms with Gasteiger partial charge in [-0.15, -0.1) is 0 Å². The van der Waals surface area contributed by atoms with Crippen molar-refractivity contribution >= 4 is 46.5 Å². The van der Waals surface area contributed by atoms with Crippen LogP contribution in [-0.2, 0) is 0 Å². The molecule has 0 unspecified atom stereocenters. The van der Waals surface area contributed by atoms with Crippen molar-refractivity contribution in [1.29, 1.82) is 0 Å². The molecule has 2 amide bonds. The van der Waals surface area contributed by atoms with Crippen LogP contribution in [0, 0.1) is 0 Å². The quantitative estimate of drug-likeness (QED) is 0.410. The first-order chi connectivity index (χ1) is 6.54. The molecule has 7 heteroatoms. The van der Waals surface area contributed by atoms with Gasteiger partial charge in [0.1, 0.15) is 0 Å². The van der Waals surface area contributed by atoms with Gasteiger partial charge in [-0.25, -0.2) is 10.6 Å². The lowest BCUT2D eigenvalue weighted by atomic mass is 10.3. The number of carbonyl (C=O) groups is 1. The first-order valence-corrected chi connectivity index (χ1v) is 4.60. The summed E-state index contributed by atoms with van der Waals surface area (Å²) in [6.07, 6.45) is 0. The second-order valence-corrected chi connectivity index (χ2v) is 3.59. The maximum atomic E-state index is 10.9. The van der Waals surface area contributed by atoms with Crippen LogP contribution >= 0.6 is 34.8 Å². The van der Waals surface area contributed by atoms with E-state index in [9.17, 15) is 4.79 Å². The minimum atomic E-state index is -0.615. The molecular weight excluding hydrogens is 248 g/mol. The molecule has 14 heavy (non-hydrogen) atoms. The van der Waals surface area contributed by atoms with E-state index in [1.807, 2.05) is 5.43 Å². The molecule has 1 aromatic rings. The first-order valence-electron chi connectivity index (χ1n) is 3.46. The van der Waals surface area contributed by atoms with Crippen LogP contribution in [0.2, 0.25) is 15.1 Å². The minimum Gasteiger partial charge on any atom is -0.304 e. The monoisotopic (exact) mass is 253 g/mol. The zero-order valence-corrected chi connectivity index (χ0v) is 9.04. The zero-order valence-electron chi connectivity index (χ0n) is 6.77. The van der Waals surface area contributed by atoms with Gasteiger partial charge in [-0.2, -0.15) is 0 Å². The summed E-state index contributed by atoms with van der Waals surface area (Å²) in [7, 11) is 0. The van der Waals surface area contributed by atoms with Crippen LogP contribution in [-0.4, -0.2) is 6.03 Å². The lowest BCUT2D eigenvalue weighted by Gasteiger charge is -2.08. The number of amides is 2. The van der Waals surface area contributed by atoms with E-state index >= 15 is 0 Å². The Hall–Kier alpha value is -0.680. The topological polar surface area (TPSA) is 67.1 Å². The average Bonchev–Trinajstić information content (AvgIpc) is 2.10. The number of benzene rings is 1. The third-order valence-corrected chi connectivity index (χ3v) is 2.19. The van der Waals surface area contributed by atoms with Crippen molar-refractivity contribution in [3.63, 3.8) is 0 Å². The van der Waals surface area contributed by atoms with E-state index in [2.05, 4.69) is 5.32 Å². The Labute approximate surface area is 95.3 Å². The molecule has 0 heterocycles. The predicted octanol–water partition coefficient (Wildman–Crippen LogP) is 2.64. The Balaban J connectivity index is 3.02. The molecule has 0 fully saturated rings. The Bertz CT molecular complexity index is 346. The molecule has 76 valence electrons. The molecule has 0 aromatic heterocycles. The van der Waals surface area contributed by atoms with Gasteiger partial charge < -0.3 is 5.32 Å². The van der Waals surface area contributed by atoms with Gasteiger partial charge in [0.05, 0.1) is 15.7 Å². The van der Waals surface area contributed by atoms with Gasteiger partial charge in [0.25, 0.3) is 0 Å². The first kappa shape index (κ1) is 11.4. The molecule has 1 rings (SSSR count). The van der Waals surface area contributed by atoms with Crippen LogP contribution < -0.4 is 16.6 Å². The summed E-state index contributed by atoms with van der Waals surface area (Å²) >= 11 is 17.2. The van der Waals surface area contributed by atoms with Crippen LogP contribution in [0.25, 0.3) is 0 Å². The van der Waals surface area contributed by atoms with Gasteiger partial charge in [0.2, 0.25) is 0 Å². The summed E-state index contributed by atoms with van der Waals surface area (Å²) in [6.45, 7) is 0. The predicted molar refractivity (Wildman–Crippen MR) is 57.8 cm³/mol. The number of carbonyl (C=O) groups excluding carboxylic acids is 1. The molecule has 0 aliphatic carbocycles. The lowest BCUT2D eigenvalue weighted by molar-refractivity contribution is 0.252. The van der Waals surface area contributed by atoms with E-state index in [0.717, 1.165) is 0 Å². The molecule has 0 atom stereocenters. The Morgan fingerprint density at radius 3 is 2.14 bits per heavy atom. The standard InChI is InChI=1S/C7H6Cl3N3O/c8-3-1-4(9)6(5(10)2-3)12-7(14)13-11/h1-2H,11H2,(H2,12,13,14). The number of anilines is 1. The second kappa shape index (κ2) is 4.70. The van der Waals surface area contributed by atoms with Crippen molar-refractivity contribution in [3.8, 4) is 0 Å². The number of hydrogen-bond acceptors (Lipinski definition) is 2. The van der Waals surface area contributed by atoms with Crippen molar-refractivity contribution in [2.75, 3.05) is 5.32 Å². The largest absolute Gasteiger partial charge is 0.333 e. The molecule has 0 aliphatic heterocycles. The van der Waals surface area contributed by atoms with Gasteiger partial charge in [-0.05, 0) is 12.1 Å². The molecule has 0 saturated carbocycles. The zero-order chi connectivity index (χ0) is 10.7. The molecular formula is C7H6Cl3N3O. The van der Waals surface area contributed by atoms with Crippen LogP contribution in [0.5, 0.6) is 0 Å². The number of hydrazine groups is 1.